The zero-order valence-electron chi connectivity index (χ0n) is 10.8. The smallest absolute Gasteiger partial charge is 0.252 e. The Hall–Kier alpha value is -1.03. The molecular weight excluding hydrogens is 292 g/mol. The molecule has 3 N–H and O–H groups in total. The number of halogens is 1. The second kappa shape index (κ2) is 4.92. The Kier molecular flexibility index (Phi) is 3.66. The lowest BCUT2D eigenvalue weighted by atomic mass is 9.92. The zero-order valence-corrected chi connectivity index (χ0v) is 12.4. The van der Waals surface area contributed by atoms with Gasteiger partial charge in [0.25, 0.3) is 5.91 Å². The van der Waals surface area contributed by atoms with E-state index in [1.54, 1.807) is 18.2 Å². The van der Waals surface area contributed by atoms with Crippen molar-refractivity contribution in [2.24, 2.45) is 11.3 Å². The van der Waals surface area contributed by atoms with Gasteiger partial charge in [0.05, 0.1) is 10.0 Å². The van der Waals surface area contributed by atoms with Crippen molar-refractivity contribution in [3.05, 3.63) is 28.2 Å². The van der Waals surface area contributed by atoms with Crippen LogP contribution in [0.1, 0.15) is 37.0 Å². The van der Waals surface area contributed by atoms with E-state index in [0.717, 1.165) is 6.54 Å². The highest BCUT2D eigenvalue weighted by molar-refractivity contribution is 9.10. The lowest BCUT2D eigenvalue weighted by Gasteiger charge is -2.20. The van der Waals surface area contributed by atoms with E-state index in [1.807, 2.05) is 0 Å². The quantitative estimate of drug-likeness (QED) is 0.839. The standard InChI is InChI=1S/C14H19BrN2O/c1-9(2)14(6-7-14)8-17-13(18)10-4-3-5-11(16)12(10)15/h3-5,9H,6-8,16H2,1-2H3,(H,17,18). The molecule has 0 unspecified atom stereocenters. The average molecular weight is 311 g/mol. The van der Waals surface area contributed by atoms with Crippen LogP contribution < -0.4 is 11.1 Å². The fraction of sp³-hybridized carbons (Fsp3) is 0.500. The fourth-order valence-corrected chi connectivity index (χ4v) is 2.64. The Bertz CT molecular complexity index is 467. The van der Waals surface area contributed by atoms with Gasteiger partial charge in [0, 0.05) is 12.2 Å². The predicted molar refractivity (Wildman–Crippen MR) is 77.4 cm³/mol. The summed E-state index contributed by atoms with van der Waals surface area (Å²) in [6, 6.07) is 5.35. The number of benzene rings is 1. The number of nitrogens with two attached hydrogens (primary N) is 1. The SMILES string of the molecule is CC(C)C1(CNC(=O)c2cccc(N)c2Br)CC1. The second-order valence-corrected chi connectivity index (χ2v) is 6.20. The van der Waals surface area contributed by atoms with E-state index in [0.29, 0.717) is 27.1 Å². The van der Waals surface area contributed by atoms with Crippen molar-refractivity contribution >= 4 is 27.5 Å². The third-order valence-corrected chi connectivity index (χ3v) is 4.88. The van der Waals surface area contributed by atoms with Gasteiger partial charge in [-0.2, -0.15) is 0 Å². The van der Waals surface area contributed by atoms with E-state index < -0.39 is 0 Å². The lowest BCUT2D eigenvalue weighted by Crippen LogP contribution is -2.32. The Morgan fingerprint density at radius 2 is 2.17 bits per heavy atom. The van der Waals surface area contributed by atoms with E-state index >= 15 is 0 Å². The van der Waals surface area contributed by atoms with Gasteiger partial charge < -0.3 is 11.1 Å². The molecule has 2 rings (SSSR count). The minimum atomic E-state index is -0.0545. The Labute approximate surface area is 116 Å². The van der Waals surface area contributed by atoms with Gasteiger partial charge in [0.1, 0.15) is 0 Å². The van der Waals surface area contributed by atoms with Crippen LogP contribution in [0.25, 0.3) is 0 Å². The van der Waals surface area contributed by atoms with Gasteiger partial charge in [0.2, 0.25) is 0 Å². The van der Waals surface area contributed by atoms with Crippen molar-refractivity contribution in [2.45, 2.75) is 26.7 Å². The third-order valence-electron chi connectivity index (χ3n) is 3.99. The van der Waals surface area contributed by atoms with Crippen LogP contribution in [0.4, 0.5) is 5.69 Å². The topological polar surface area (TPSA) is 55.1 Å². The number of hydrogen-bond donors (Lipinski definition) is 2. The lowest BCUT2D eigenvalue weighted by molar-refractivity contribution is 0.0939. The van der Waals surface area contributed by atoms with Gasteiger partial charge in [-0.1, -0.05) is 19.9 Å². The van der Waals surface area contributed by atoms with Crippen LogP contribution in [-0.4, -0.2) is 12.5 Å². The van der Waals surface area contributed by atoms with Crippen LogP contribution in [-0.2, 0) is 0 Å². The first-order chi connectivity index (χ1) is 8.46. The number of carbonyl (C=O) groups excluding carboxylic acids is 1. The molecule has 98 valence electrons. The molecule has 1 amide bonds. The van der Waals surface area contributed by atoms with Gasteiger partial charge in [-0.3, -0.25) is 4.79 Å². The maximum absolute atomic E-state index is 12.1. The molecule has 0 radical (unpaired) electrons. The highest BCUT2D eigenvalue weighted by atomic mass is 79.9. The summed E-state index contributed by atoms with van der Waals surface area (Å²) in [5.74, 6) is 0.559. The molecule has 4 heteroatoms. The monoisotopic (exact) mass is 310 g/mol. The molecule has 1 aromatic carbocycles. The van der Waals surface area contributed by atoms with Gasteiger partial charge in [-0.25, -0.2) is 0 Å². The molecular formula is C14H19BrN2O. The number of hydrogen-bond acceptors (Lipinski definition) is 2. The number of amides is 1. The number of rotatable bonds is 4. The van der Waals surface area contributed by atoms with Crippen molar-refractivity contribution in [2.75, 3.05) is 12.3 Å². The first-order valence-corrected chi connectivity index (χ1v) is 7.08. The van der Waals surface area contributed by atoms with Crippen LogP contribution in [0.15, 0.2) is 22.7 Å². The molecule has 0 heterocycles. The molecule has 0 atom stereocenters. The zero-order chi connectivity index (χ0) is 13.3. The molecule has 1 aliphatic carbocycles. The summed E-state index contributed by atoms with van der Waals surface area (Å²) in [6.07, 6.45) is 2.42. The maximum Gasteiger partial charge on any atom is 0.252 e. The summed E-state index contributed by atoms with van der Waals surface area (Å²) in [7, 11) is 0. The second-order valence-electron chi connectivity index (χ2n) is 5.41. The first kappa shape index (κ1) is 13.4. The van der Waals surface area contributed by atoms with Gasteiger partial charge in [0.15, 0.2) is 0 Å². The highest BCUT2D eigenvalue weighted by Crippen LogP contribution is 2.51. The minimum Gasteiger partial charge on any atom is -0.398 e. The predicted octanol–water partition coefficient (Wildman–Crippen LogP) is 3.20. The summed E-state index contributed by atoms with van der Waals surface area (Å²) in [5.41, 5.74) is 7.29. The molecule has 0 aliphatic heterocycles. The molecule has 0 aromatic heterocycles. The van der Waals surface area contributed by atoms with Crippen LogP contribution in [0.5, 0.6) is 0 Å². The molecule has 18 heavy (non-hydrogen) atoms. The fourth-order valence-electron chi connectivity index (χ4n) is 2.20. The molecule has 0 saturated heterocycles. The van der Waals surface area contributed by atoms with E-state index in [1.165, 1.54) is 12.8 Å². The molecule has 0 spiro atoms. The van der Waals surface area contributed by atoms with Crippen LogP contribution >= 0.6 is 15.9 Å². The van der Waals surface area contributed by atoms with E-state index in [9.17, 15) is 4.79 Å². The summed E-state index contributed by atoms with van der Waals surface area (Å²) in [6.45, 7) is 5.19. The van der Waals surface area contributed by atoms with Gasteiger partial charge in [-0.15, -0.1) is 0 Å². The highest BCUT2D eigenvalue weighted by Gasteiger charge is 2.45. The van der Waals surface area contributed by atoms with E-state index in [-0.39, 0.29) is 5.91 Å². The Balaban J connectivity index is 2.03. The number of carbonyl (C=O) groups is 1. The molecule has 1 aromatic rings. The summed E-state index contributed by atoms with van der Waals surface area (Å²) in [4.78, 5) is 12.1. The number of anilines is 1. The normalized spacial score (nSPS) is 16.7. The van der Waals surface area contributed by atoms with Crippen LogP contribution in [0.2, 0.25) is 0 Å². The van der Waals surface area contributed by atoms with Gasteiger partial charge >= 0.3 is 0 Å². The molecule has 1 fully saturated rings. The molecule has 0 bridgehead atoms. The van der Waals surface area contributed by atoms with Gasteiger partial charge in [-0.05, 0) is 52.2 Å². The molecule has 1 aliphatic rings. The summed E-state index contributed by atoms with van der Waals surface area (Å²) in [5, 5.41) is 3.03. The number of nitrogen functional groups attached to an aromatic ring is 1. The number of nitrogens with one attached hydrogen (secondary N) is 1. The maximum atomic E-state index is 12.1. The van der Waals surface area contributed by atoms with Crippen LogP contribution in [0.3, 0.4) is 0 Å². The first-order valence-electron chi connectivity index (χ1n) is 6.28. The van der Waals surface area contributed by atoms with Crippen molar-refractivity contribution in [1.29, 1.82) is 0 Å². The Morgan fingerprint density at radius 1 is 1.50 bits per heavy atom. The van der Waals surface area contributed by atoms with Crippen molar-refractivity contribution in [3.63, 3.8) is 0 Å². The minimum absolute atomic E-state index is 0.0545. The average Bonchev–Trinajstić information content (AvgIpc) is 3.11. The van der Waals surface area contributed by atoms with Crippen molar-refractivity contribution < 1.29 is 4.79 Å². The summed E-state index contributed by atoms with van der Waals surface area (Å²) < 4.78 is 0.678. The largest absolute Gasteiger partial charge is 0.398 e. The molecule has 3 nitrogen and oxygen atoms in total. The van der Waals surface area contributed by atoms with Crippen LogP contribution in [0, 0.1) is 11.3 Å². The van der Waals surface area contributed by atoms with Crippen molar-refractivity contribution in [3.8, 4) is 0 Å². The van der Waals surface area contributed by atoms with E-state index in [2.05, 4.69) is 35.1 Å². The summed E-state index contributed by atoms with van der Waals surface area (Å²) >= 11 is 3.36. The Morgan fingerprint density at radius 3 is 2.72 bits per heavy atom. The third kappa shape index (κ3) is 2.53. The van der Waals surface area contributed by atoms with Crippen molar-refractivity contribution in [1.82, 2.24) is 5.32 Å². The van der Waals surface area contributed by atoms with E-state index in [4.69, 9.17) is 5.73 Å². The molecule has 1 saturated carbocycles.